The number of halogens is 1. The van der Waals surface area contributed by atoms with Gasteiger partial charge >= 0.3 is 0 Å². The smallest absolute Gasteiger partial charge is 0.164 e. The van der Waals surface area contributed by atoms with Crippen LogP contribution in [0.2, 0.25) is 5.02 Å². The van der Waals surface area contributed by atoms with Gasteiger partial charge in [-0.1, -0.05) is 54.1 Å². The summed E-state index contributed by atoms with van der Waals surface area (Å²) in [6.07, 6.45) is 1.51. The van der Waals surface area contributed by atoms with Gasteiger partial charge in [0.25, 0.3) is 0 Å². The van der Waals surface area contributed by atoms with Crippen LogP contribution in [-0.4, -0.2) is 15.0 Å². The molecular formula is C15H10ClN3. The van der Waals surface area contributed by atoms with E-state index in [1.165, 1.54) is 6.33 Å². The van der Waals surface area contributed by atoms with Crippen LogP contribution in [0.15, 0.2) is 60.9 Å². The van der Waals surface area contributed by atoms with Crippen molar-refractivity contribution in [1.29, 1.82) is 0 Å². The van der Waals surface area contributed by atoms with Gasteiger partial charge in [0.05, 0.1) is 5.02 Å². The second-order valence-electron chi connectivity index (χ2n) is 3.98. The fourth-order valence-corrected chi connectivity index (χ4v) is 2.02. The zero-order valence-electron chi connectivity index (χ0n) is 9.99. The Morgan fingerprint density at radius 2 is 1.42 bits per heavy atom. The predicted molar refractivity (Wildman–Crippen MR) is 75.7 cm³/mol. The molecular weight excluding hydrogens is 258 g/mol. The lowest BCUT2D eigenvalue weighted by Gasteiger charge is -2.04. The van der Waals surface area contributed by atoms with E-state index >= 15 is 0 Å². The summed E-state index contributed by atoms with van der Waals surface area (Å²) < 4.78 is 0. The zero-order valence-corrected chi connectivity index (χ0v) is 10.7. The van der Waals surface area contributed by atoms with Crippen LogP contribution in [0, 0.1) is 0 Å². The van der Waals surface area contributed by atoms with Gasteiger partial charge in [0, 0.05) is 11.1 Å². The fourth-order valence-electron chi connectivity index (χ4n) is 1.79. The predicted octanol–water partition coefficient (Wildman–Crippen LogP) is 3.86. The number of nitrogens with zero attached hydrogens (tertiary/aromatic N) is 3. The Bertz CT molecular complexity index is 699. The highest BCUT2D eigenvalue weighted by Crippen LogP contribution is 2.25. The summed E-state index contributed by atoms with van der Waals surface area (Å²) in [5, 5.41) is 0.632. The van der Waals surface area contributed by atoms with E-state index in [0.717, 1.165) is 11.1 Å². The Labute approximate surface area is 116 Å². The molecule has 19 heavy (non-hydrogen) atoms. The third-order valence-corrected chi connectivity index (χ3v) is 3.05. The Morgan fingerprint density at radius 1 is 0.737 bits per heavy atom. The van der Waals surface area contributed by atoms with Gasteiger partial charge < -0.3 is 0 Å². The van der Waals surface area contributed by atoms with Crippen LogP contribution in [0.1, 0.15) is 0 Å². The average Bonchev–Trinajstić information content (AvgIpc) is 2.49. The molecule has 0 radical (unpaired) electrons. The highest BCUT2D eigenvalue weighted by molar-refractivity contribution is 6.33. The fraction of sp³-hybridized carbons (Fsp3) is 0. The quantitative estimate of drug-likeness (QED) is 0.708. The van der Waals surface area contributed by atoms with Crippen molar-refractivity contribution >= 4 is 11.6 Å². The number of hydrogen-bond acceptors (Lipinski definition) is 3. The molecule has 0 N–H and O–H groups in total. The van der Waals surface area contributed by atoms with Gasteiger partial charge in [0.2, 0.25) is 0 Å². The van der Waals surface area contributed by atoms with Crippen LogP contribution >= 0.6 is 11.6 Å². The van der Waals surface area contributed by atoms with Gasteiger partial charge in [-0.25, -0.2) is 15.0 Å². The van der Waals surface area contributed by atoms with E-state index in [4.69, 9.17) is 11.6 Å². The Hall–Kier alpha value is -2.26. The van der Waals surface area contributed by atoms with Crippen LogP contribution in [0.3, 0.4) is 0 Å². The summed E-state index contributed by atoms with van der Waals surface area (Å²) in [6.45, 7) is 0. The van der Waals surface area contributed by atoms with Crippen LogP contribution in [0.25, 0.3) is 22.8 Å². The lowest BCUT2D eigenvalue weighted by Crippen LogP contribution is -1.95. The summed E-state index contributed by atoms with van der Waals surface area (Å²) >= 11 is 6.16. The highest BCUT2D eigenvalue weighted by Gasteiger charge is 2.08. The molecule has 3 rings (SSSR count). The molecule has 0 saturated carbocycles. The van der Waals surface area contributed by atoms with E-state index in [-0.39, 0.29) is 0 Å². The monoisotopic (exact) mass is 267 g/mol. The SMILES string of the molecule is Clc1ccccc1-c1ncnc(-c2ccccc2)n1. The topological polar surface area (TPSA) is 38.7 Å². The molecule has 92 valence electrons. The van der Waals surface area contributed by atoms with E-state index in [0.29, 0.717) is 16.7 Å². The van der Waals surface area contributed by atoms with Crippen molar-refractivity contribution in [1.82, 2.24) is 15.0 Å². The molecule has 3 aromatic rings. The number of aromatic nitrogens is 3. The van der Waals surface area contributed by atoms with Crippen LogP contribution in [-0.2, 0) is 0 Å². The first-order chi connectivity index (χ1) is 9.34. The molecule has 0 bridgehead atoms. The molecule has 0 aliphatic carbocycles. The first kappa shape index (κ1) is 11.8. The Morgan fingerprint density at radius 3 is 2.21 bits per heavy atom. The van der Waals surface area contributed by atoms with Crippen LogP contribution < -0.4 is 0 Å². The summed E-state index contributed by atoms with van der Waals surface area (Å²) in [4.78, 5) is 12.9. The summed E-state index contributed by atoms with van der Waals surface area (Å²) in [6, 6.07) is 17.3. The third-order valence-electron chi connectivity index (χ3n) is 2.72. The summed E-state index contributed by atoms with van der Waals surface area (Å²) in [7, 11) is 0. The van der Waals surface area contributed by atoms with Gasteiger partial charge in [-0.15, -0.1) is 0 Å². The lowest BCUT2D eigenvalue weighted by atomic mass is 10.2. The van der Waals surface area contributed by atoms with Gasteiger partial charge in [-0.2, -0.15) is 0 Å². The first-order valence-corrected chi connectivity index (χ1v) is 6.22. The average molecular weight is 268 g/mol. The minimum atomic E-state index is 0.583. The molecule has 0 aliphatic heterocycles. The van der Waals surface area contributed by atoms with Crippen molar-refractivity contribution in [3.63, 3.8) is 0 Å². The molecule has 3 nitrogen and oxygen atoms in total. The molecule has 0 atom stereocenters. The molecule has 0 unspecified atom stereocenters. The maximum absolute atomic E-state index is 6.16. The van der Waals surface area contributed by atoms with Gasteiger partial charge in [-0.05, 0) is 12.1 Å². The lowest BCUT2D eigenvalue weighted by molar-refractivity contribution is 1.07. The Kier molecular flexibility index (Phi) is 3.21. The molecule has 0 saturated heterocycles. The van der Waals surface area contributed by atoms with E-state index in [1.807, 2.05) is 54.6 Å². The molecule has 1 aromatic heterocycles. The minimum absolute atomic E-state index is 0.583. The van der Waals surface area contributed by atoms with Crippen molar-refractivity contribution in [3.8, 4) is 22.8 Å². The molecule has 4 heteroatoms. The Balaban J connectivity index is 2.09. The van der Waals surface area contributed by atoms with Crippen molar-refractivity contribution < 1.29 is 0 Å². The second-order valence-corrected chi connectivity index (χ2v) is 4.39. The normalized spacial score (nSPS) is 10.4. The summed E-state index contributed by atoms with van der Waals surface area (Å²) in [5.74, 6) is 1.23. The molecule has 0 fully saturated rings. The standard InChI is InChI=1S/C15H10ClN3/c16-13-9-5-4-8-12(13)15-18-10-17-14(19-15)11-6-2-1-3-7-11/h1-10H. The zero-order chi connectivity index (χ0) is 13.1. The van der Waals surface area contributed by atoms with Crippen LogP contribution in [0.5, 0.6) is 0 Å². The maximum Gasteiger partial charge on any atom is 0.164 e. The van der Waals surface area contributed by atoms with Gasteiger partial charge in [0.15, 0.2) is 11.6 Å². The van der Waals surface area contributed by atoms with Crippen molar-refractivity contribution in [2.45, 2.75) is 0 Å². The highest BCUT2D eigenvalue weighted by atomic mass is 35.5. The third kappa shape index (κ3) is 2.46. The van der Waals surface area contributed by atoms with Gasteiger partial charge in [-0.3, -0.25) is 0 Å². The molecule has 2 aromatic carbocycles. The largest absolute Gasteiger partial charge is 0.217 e. The van der Waals surface area contributed by atoms with Crippen LogP contribution in [0.4, 0.5) is 0 Å². The molecule has 0 amide bonds. The van der Waals surface area contributed by atoms with Crippen molar-refractivity contribution in [2.75, 3.05) is 0 Å². The minimum Gasteiger partial charge on any atom is -0.217 e. The first-order valence-electron chi connectivity index (χ1n) is 5.84. The number of hydrogen-bond donors (Lipinski definition) is 0. The van der Waals surface area contributed by atoms with Crippen molar-refractivity contribution in [3.05, 3.63) is 65.9 Å². The second kappa shape index (κ2) is 5.16. The van der Waals surface area contributed by atoms with Gasteiger partial charge in [0.1, 0.15) is 6.33 Å². The van der Waals surface area contributed by atoms with E-state index < -0.39 is 0 Å². The van der Waals surface area contributed by atoms with Crippen molar-refractivity contribution in [2.24, 2.45) is 0 Å². The van der Waals surface area contributed by atoms with E-state index in [9.17, 15) is 0 Å². The molecule has 1 heterocycles. The maximum atomic E-state index is 6.16. The van der Waals surface area contributed by atoms with E-state index in [1.54, 1.807) is 0 Å². The number of rotatable bonds is 2. The molecule has 0 aliphatic rings. The number of benzene rings is 2. The summed E-state index contributed by atoms with van der Waals surface area (Å²) in [5.41, 5.74) is 1.77. The molecule has 0 spiro atoms. The van der Waals surface area contributed by atoms with E-state index in [2.05, 4.69) is 15.0 Å².